The molecule has 156 valence electrons. The van der Waals surface area contributed by atoms with Gasteiger partial charge in [-0.2, -0.15) is 0 Å². The molecule has 5 rings (SSSR count). The van der Waals surface area contributed by atoms with E-state index < -0.39 is 0 Å². The highest BCUT2D eigenvalue weighted by atomic mass is 16.3. The number of rotatable bonds is 6. The van der Waals surface area contributed by atoms with E-state index in [-0.39, 0.29) is 17.9 Å². The summed E-state index contributed by atoms with van der Waals surface area (Å²) < 4.78 is 0. The Morgan fingerprint density at radius 3 is 2.87 bits per heavy atom. The van der Waals surface area contributed by atoms with Crippen molar-refractivity contribution in [3.63, 3.8) is 0 Å². The Bertz CT molecular complexity index is 1000. The SMILES string of the molecule is O=C(CCc1cccnc1)N1C[C@@H]2CN(Cc3nc4ccccc4[nH]3)C[C@]2(CO)C1. The third-order valence-electron chi connectivity index (χ3n) is 6.66. The quantitative estimate of drug-likeness (QED) is 0.654. The fourth-order valence-corrected chi connectivity index (χ4v) is 5.07. The van der Waals surface area contributed by atoms with Crippen molar-refractivity contribution in [3.05, 3.63) is 60.2 Å². The number of imidazole rings is 1. The Balaban J connectivity index is 1.20. The molecule has 2 fully saturated rings. The fraction of sp³-hybridized carbons (Fsp3) is 0.435. The Morgan fingerprint density at radius 1 is 1.20 bits per heavy atom. The van der Waals surface area contributed by atoms with E-state index >= 15 is 0 Å². The van der Waals surface area contributed by atoms with Crippen LogP contribution in [-0.4, -0.2) is 68.6 Å². The molecule has 1 aromatic carbocycles. The monoisotopic (exact) mass is 405 g/mol. The molecule has 0 bridgehead atoms. The predicted molar refractivity (Wildman–Crippen MR) is 114 cm³/mol. The molecule has 0 spiro atoms. The van der Waals surface area contributed by atoms with Crippen molar-refractivity contribution >= 4 is 16.9 Å². The van der Waals surface area contributed by atoms with Crippen LogP contribution < -0.4 is 0 Å². The topological polar surface area (TPSA) is 85.4 Å². The third kappa shape index (κ3) is 3.59. The largest absolute Gasteiger partial charge is 0.396 e. The van der Waals surface area contributed by atoms with Gasteiger partial charge in [0.1, 0.15) is 5.82 Å². The fourth-order valence-electron chi connectivity index (χ4n) is 5.07. The number of nitrogens with one attached hydrogen (secondary N) is 1. The number of carbonyl (C=O) groups is 1. The number of fused-ring (bicyclic) bond motifs is 2. The highest BCUT2D eigenvalue weighted by Crippen LogP contribution is 2.42. The lowest BCUT2D eigenvalue weighted by Gasteiger charge is -2.27. The first-order chi connectivity index (χ1) is 14.6. The molecule has 0 radical (unpaired) electrons. The molecule has 2 N–H and O–H groups in total. The molecule has 7 nitrogen and oxygen atoms in total. The van der Waals surface area contributed by atoms with E-state index in [0.717, 1.165) is 48.6 Å². The molecular formula is C23H27N5O2. The molecule has 2 aromatic heterocycles. The second-order valence-corrected chi connectivity index (χ2v) is 8.72. The van der Waals surface area contributed by atoms with Crippen molar-refractivity contribution in [2.24, 2.45) is 11.3 Å². The molecule has 0 unspecified atom stereocenters. The van der Waals surface area contributed by atoms with Crippen molar-refractivity contribution < 1.29 is 9.90 Å². The number of aliphatic hydroxyl groups excluding tert-OH is 1. The summed E-state index contributed by atoms with van der Waals surface area (Å²) in [6.07, 6.45) is 4.76. The van der Waals surface area contributed by atoms with Gasteiger partial charge < -0.3 is 15.0 Å². The first-order valence-corrected chi connectivity index (χ1v) is 10.6. The third-order valence-corrected chi connectivity index (χ3v) is 6.66. The Labute approximate surface area is 175 Å². The first kappa shape index (κ1) is 19.2. The van der Waals surface area contributed by atoms with Gasteiger partial charge >= 0.3 is 0 Å². The molecule has 0 aliphatic carbocycles. The van der Waals surface area contributed by atoms with Crippen LogP contribution in [0, 0.1) is 11.3 Å². The summed E-state index contributed by atoms with van der Waals surface area (Å²) in [5, 5.41) is 10.2. The second kappa shape index (κ2) is 7.81. The van der Waals surface area contributed by atoms with Crippen LogP contribution in [0.3, 0.4) is 0 Å². The van der Waals surface area contributed by atoms with Gasteiger partial charge in [0.05, 0.1) is 24.2 Å². The maximum atomic E-state index is 12.8. The number of amides is 1. The molecule has 30 heavy (non-hydrogen) atoms. The number of H-pyrrole nitrogens is 1. The number of likely N-dealkylation sites (tertiary alicyclic amines) is 2. The maximum Gasteiger partial charge on any atom is 0.222 e. The van der Waals surface area contributed by atoms with Crippen LogP contribution in [0.15, 0.2) is 48.8 Å². The number of aromatic nitrogens is 3. The van der Waals surface area contributed by atoms with Crippen LogP contribution in [-0.2, 0) is 17.8 Å². The predicted octanol–water partition coefficient (Wildman–Crippen LogP) is 1.84. The van der Waals surface area contributed by atoms with Crippen molar-refractivity contribution in [2.75, 3.05) is 32.8 Å². The minimum Gasteiger partial charge on any atom is -0.396 e. The second-order valence-electron chi connectivity index (χ2n) is 8.72. The molecule has 2 aliphatic rings. The van der Waals surface area contributed by atoms with Crippen LogP contribution in [0.4, 0.5) is 0 Å². The maximum absolute atomic E-state index is 12.8. The minimum atomic E-state index is -0.226. The molecule has 1 amide bonds. The summed E-state index contributed by atoms with van der Waals surface area (Å²) in [5.74, 6) is 1.42. The zero-order chi connectivity index (χ0) is 20.6. The van der Waals surface area contributed by atoms with Gasteiger partial charge in [-0.3, -0.25) is 14.7 Å². The van der Waals surface area contributed by atoms with Gasteiger partial charge in [0.2, 0.25) is 5.91 Å². The Morgan fingerprint density at radius 2 is 2.10 bits per heavy atom. The zero-order valence-electron chi connectivity index (χ0n) is 17.0. The van der Waals surface area contributed by atoms with E-state index in [9.17, 15) is 9.90 Å². The average molecular weight is 406 g/mol. The van der Waals surface area contributed by atoms with Gasteiger partial charge in [-0.25, -0.2) is 4.98 Å². The number of hydrogen-bond donors (Lipinski definition) is 2. The van der Waals surface area contributed by atoms with E-state index in [0.29, 0.717) is 25.3 Å². The number of pyridine rings is 1. The van der Waals surface area contributed by atoms with Crippen molar-refractivity contribution in [1.82, 2.24) is 24.8 Å². The highest BCUT2D eigenvalue weighted by molar-refractivity contribution is 5.77. The number of aryl methyl sites for hydroxylation is 1. The Hall–Kier alpha value is -2.77. The van der Waals surface area contributed by atoms with E-state index in [1.54, 1.807) is 6.20 Å². The lowest BCUT2D eigenvalue weighted by molar-refractivity contribution is -0.130. The van der Waals surface area contributed by atoms with E-state index in [1.807, 2.05) is 47.5 Å². The van der Waals surface area contributed by atoms with Gasteiger partial charge in [-0.1, -0.05) is 18.2 Å². The lowest BCUT2D eigenvalue weighted by atomic mass is 9.82. The van der Waals surface area contributed by atoms with Gasteiger partial charge in [0.15, 0.2) is 0 Å². The smallest absolute Gasteiger partial charge is 0.222 e. The summed E-state index contributed by atoms with van der Waals surface area (Å²) in [6.45, 7) is 3.88. The standard InChI is InChI=1S/C23H27N5O2/c29-16-23-14-27(13-21-25-19-5-1-2-6-20(19)26-21)11-18(23)12-28(15-23)22(30)8-7-17-4-3-9-24-10-17/h1-6,9-10,18,29H,7-8,11-16H2,(H,25,26)/t18-,23+/m0/s1. The van der Waals surface area contributed by atoms with Crippen molar-refractivity contribution in [1.29, 1.82) is 0 Å². The number of nitrogens with zero attached hydrogens (tertiary/aromatic N) is 4. The number of hydrogen-bond acceptors (Lipinski definition) is 5. The molecular weight excluding hydrogens is 378 g/mol. The molecule has 7 heteroatoms. The molecule has 2 saturated heterocycles. The van der Waals surface area contributed by atoms with E-state index in [2.05, 4.69) is 19.9 Å². The summed E-state index contributed by atoms with van der Waals surface area (Å²) in [6, 6.07) is 12.0. The zero-order valence-corrected chi connectivity index (χ0v) is 17.0. The van der Waals surface area contributed by atoms with Crippen molar-refractivity contribution in [3.8, 4) is 0 Å². The number of para-hydroxylation sites is 2. The molecule has 2 atom stereocenters. The average Bonchev–Trinajstić information content (AvgIpc) is 3.42. The highest BCUT2D eigenvalue weighted by Gasteiger charge is 2.52. The van der Waals surface area contributed by atoms with E-state index in [1.165, 1.54) is 0 Å². The minimum absolute atomic E-state index is 0.112. The van der Waals surface area contributed by atoms with Crippen molar-refractivity contribution in [2.45, 2.75) is 19.4 Å². The van der Waals surface area contributed by atoms with Crippen LogP contribution in [0.2, 0.25) is 0 Å². The number of benzene rings is 1. The first-order valence-electron chi connectivity index (χ1n) is 10.6. The van der Waals surface area contributed by atoms with Gasteiger partial charge in [0.25, 0.3) is 0 Å². The van der Waals surface area contributed by atoms with Gasteiger partial charge in [0, 0.05) is 50.4 Å². The summed E-state index contributed by atoms with van der Waals surface area (Å²) in [4.78, 5) is 29.3. The summed E-state index contributed by atoms with van der Waals surface area (Å²) in [5.41, 5.74) is 2.89. The molecule has 3 aromatic rings. The summed E-state index contributed by atoms with van der Waals surface area (Å²) in [7, 11) is 0. The number of aromatic amines is 1. The Kier molecular flexibility index (Phi) is 5.00. The number of carbonyl (C=O) groups excluding carboxylic acids is 1. The van der Waals surface area contributed by atoms with Crippen LogP contribution in [0.5, 0.6) is 0 Å². The number of aliphatic hydroxyl groups is 1. The molecule has 4 heterocycles. The van der Waals surface area contributed by atoms with E-state index in [4.69, 9.17) is 0 Å². The van der Waals surface area contributed by atoms with Crippen LogP contribution in [0.1, 0.15) is 17.8 Å². The van der Waals surface area contributed by atoms with Crippen LogP contribution in [0.25, 0.3) is 11.0 Å². The normalized spacial score (nSPS) is 23.9. The molecule has 0 saturated carbocycles. The molecule has 2 aliphatic heterocycles. The lowest BCUT2D eigenvalue weighted by Crippen LogP contribution is -2.39. The van der Waals surface area contributed by atoms with Gasteiger partial charge in [-0.05, 0) is 36.1 Å². The van der Waals surface area contributed by atoms with Crippen LogP contribution >= 0.6 is 0 Å². The van der Waals surface area contributed by atoms with Gasteiger partial charge in [-0.15, -0.1) is 0 Å². The summed E-state index contributed by atoms with van der Waals surface area (Å²) >= 11 is 0.